The van der Waals surface area contributed by atoms with Crippen LogP contribution >= 0.6 is 11.6 Å². The van der Waals surface area contributed by atoms with Crippen LogP contribution in [0.15, 0.2) is 78.9 Å². The van der Waals surface area contributed by atoms with E-state index in [0.717, 1.165) is 37.7 Å². The Bertz CT molecular complexity index is 1000. The van der Waals surface area contributed by atoms with Crippen molar-refractivity contribution < 1.29 is 14.6 Å². The molecule has 1 heterocycles. The van der Waals surface area contributed by atoms with Crippen LogP contribution < -0.4 is 4.74 Å². The van der Waals surface area contributed by atoms with Crippen molar-refractivity contribution in [1.82, 2.24) is 9.80 Å². The number of carbonyl (C=O) groups is 1. The standard InChI is InChI=1S/C26H27ClN2O3/c27-23-10-6-21(7-11-23)25(20-4-2-1-3-5-20)29-16-14-28(15-17-29)18-19-32-24-12-8-22(9-13-24)26(30)31/h1-13,25H,14-19H2,(H,30,31). The third-order valence-corrected chi connectivity index (χ3v) is 6.10. The second kappa shape index (κ2) is 10.6. The lowest BCUT2D eigenvalue weighted by Crippen LogP contribution is -2.48. The largest absolute Gasteiger partial charge is 0.492 e. The lowest BCUT2D eigenvalue weighted by atomic mass is 9.96. The van der Waals surface area contributed by atoms with Crippen LogP contribution in [0.25, 0.3) is 0 Å². The third kappa shape index (κ3) is 5.68. The summed E-state index contributed by atoms with van der Waals surface area (Å²) in [5.74, 6) is -0.234. The maximum absolute atomic E-state index is 10.9. The summed E-state index contributed by atoms with van der Waals surface area (Å²) in [7, 11) is 0. The molecule has 0 aliphatic carbocycles. The van der Waals surface area contributed by atoms with Gasteiger partial charge in [0.25, 0.3) is 0 Å². The van der Waals surface area contributed by atoms with Crippen molar-refractivity contribution in [3.8, 4) is 5.75 Å². The third-order valence-electron chi connectivity index (χ3n) is 5.85. The molecule has 1 fully saturated rings. The molecule has 5 nitrogen and oxygen atoms in total. The average Bonchev–Trinajstić information content (AvgIpc) is 2.82. The van der Waals surface area contributed by atoms with E-state index in [4.69, 9.17) is 21.4 Å². The zero-order valence-electron chi connectivity index (χ0n) is 17.9. The number of piperazine rings is 1. The summed E-state index contributed by atoms with van der Waals surface area (Å²) < 4.78 is 5.81. The number of rotatable bonds is 8. The summed E-state index contributed by atoms with van der Waals surface area (Å²) in [6.45, 7) is 5.29. The summed E-state index contributed by atoms with van der Waals surface area (Å²) >= 11 is 6.12. The Balaban J connectivity index is 1.33. The molecule has 1 atom stereocenters. The molecule has 3 aromatic carbocycles. The highest BCUT2D eigenvalue weighted by Crippen LogP contribution is 2.30. The van der Waals surface area contributed by atoms with Gasteiger partial charge < -0.3 is 9.84 Å². The molecule has 0 radical (unpaired) electrons. The number of carboxylic acids is 1. The highest BCUT2D eigenvalue weighted by Gasteiger charge is 2.26. The molecule has 1 aliphatic heterocycles. The minimum Gasteiger partial charge on any atom is -0.492 e. The van der Waals surface area contributed by atoms with Crippen molar-refractivity contribution in [2.45, 2.75) is 6.04 Å². The number of carboxylic acid groups (broad SMARTS) is 1. The SMILES string of the molecule is O=C(O)c1ccc(OCCN2CCN(C(c3ccccc3)c3ccc(Cl)cc3)CC2)cc1. The van der Waals surface area contributed by atoms with Crippen LogP contribution in [0, 0.1) is 0 Å². The zero-order valence-corrected chi connectivity index (χ0v) is 18.6. The van der Waals surface area contributed by atoms with Gasteiger partial charge in [-0.15, -0.1) is 0 Å². The first-order valence-corrected chi connectivity index (χ1v) is 11.2. The van der Waals surface area contributed by atoms with Crippen LogP contribution in [0.4, 0.5) is 0 Å². The van der Waals surface area contributed by atoms with Crippen molar-refractivity contribution in [3.05, 3.63) is 101 Å². The molecule has 4 rings (SSSR count). The maximum atomic E-state index is 10.9. The Kier molecular flexibility index (Phi) is 7.43. The van der Waals surface area contributed by atoms with Crippen LogP contribution in [0.2, 0.25) is 5.02 Å². The molecule has 0 bridgehead atoms. The molecule has 0 spiro atoms. The topological polar surface area (TPSA) is 53.0 Å². The van der Waals surface area contributed by atoms with E-state index in [2.05, 4.69) is 52.3 Å². The molecular weight excluding hydrogens is 424 g/mol. The van der Waals surface area contributed by atoms with Crippen molar-refractivity contribution in [2.24, 2.45) is 0 Å². The first-order valence-electron chi connectivity index (χ1n) is 10.8. The number of ether oxygens (including phenoxy) is 1. The second-order valence-electron chi connectivity index (χ2n) is 7.92. The van der Waals surface area contributed by atoms with E-state index in [0.29, 0.717) is 12.4 Å². The first kappa shape index (κ1) is 22.3. The van der Waals surface area contributed by atoms with Gasteiger partial charge in [0.15, 0.2) is 0 Å². The highest BCUT2D eigenvalue weighted by molar-refractivity contribution is 6.30. The molecule has 1 aliphatic rings. The van der Waals surface area contributed by atoms with Gasteiger partial charge in [-0.05, 0) is 47.5 Å². The first-order chi connectivity index (χ1) is 15.6. The monoisotopic (exact) mass is 450 g/mol. The molecule has 0 aromatic heterocycles. The molecule has 1 N–H and O–H groups in total. The fourth-order valence-corrected chi connectivity index (χ4v) is 4.25. The normalized spacial score (nSPS) is 15.9. The Morgan fingerprint density at radius 3 is 2.12 bits per heavy atom. The highest BCUT2D eigenvalue weighted by atomic mass is 35.5. The van der Waals surface area contributed by atoms with Crippen LogP contribution in [-0.2, 0) is 0 Å². The van der Waals surface area contributed by atoms with Crippen LogP contribution in [0.5, 0.6) is 5.75 Å². The number of hydrogen-bond acceptors (Lipinski definition) is 4. The minimum absolute atomic E-state index is 0.208. The Morgan fingerprint density at radius 1 is 0.875 bits per heavy atom. The van der Waals surface area contributed by atoms with Gasteiger partial charge in [0.05, 0.1) is 11.6 Å². The van der Waals surface area contributed by atoms with E-state index >= 15 is 0 Å². The summed E-state index contributed by atoms with van der Waals surface area (Å²) in [5.41, 5.74) is 2.81. The summed E-state index contributed by atoms with van der Waals surface area (Å²) in [4.78, 5) is 15.9. The Hall–Kier alpha value is -2.86. The molecule has 32 heavy (non-hydrogen) atoms. The van der Waals surface area contributed by atoms with E-state index < -0.39 is 5.97 Å². The average molecular weight is 451 g/mol. The lowest BCUT2D eigenvalue weighted by Gasteiger charge is -2.39. The fraction of sp³-hybridized carbons (Fsp3) is 0.269. The van der Waals surface area contributed by atoms with Crippen molar-refractivity contribution >= 4 is 17.6 Å². The van der Waals surface area contributed by atoms with E-state index in [-0.39, 0.29) is 11.6 Å². The number of nitrogens with zero attached hydrogens (tertiary/aromatic N) is 2. The molecule has 0 amide bonds. The predicted octanol–water partition coefficient (Wildman–Crippen LogP) is 4.82. The van der Waals surface area contributed by atoms with Crippen molar-refractivity contribution in [3.63, 3.8) is 0 Å². The molecule has 3 aromatic rings. The maximum Gasteiger partial charge on any atom is 0.335 e. The Morgan fingerprint density at radius 2 is 1.50 bits per heavy atom. The molecule has 6 heteroatoms. The molecule has 1 saturated heterocycles. The van der Waals surface area contributed by atoms with E-state index in [1.165, 1.54) is 11.1 Å². The van der Waals surface area contributed by atoms with Gasteiger partial charge in [-0.1, -0.05) is 54.1 Å². The molecule has 0 saturated carbocycles. The van der Waals surface area contributed by atoms with E-state index in [1.54, 1.807) is 24.3 Å². The van der Waals surface area contributed by atoms with Gasteiger partial charge >= 0.3 is 5.97 Å². The lowest BCUT2D eigenvalue weighted by molar-refractivity contribution is 0.0697. The quantitative estimate of drug-likeness (QED) is 0.533. The van der Waals surface area contributed by atoms with Crippen LogP contribution in [0.3, 0.4) is 0 Å². The predicted molar refractivity (Wildman–Crippen MR) is 127 cm³/mol. The van der Waals surface area contributed by atoms with Gasteiger partial charge in [0.2, 0.25) is 0 Å². The summed E-state index contributed by atoms with van der Waals surface area (Å²) in [5, 5.41) is 9.74. The van der Waals surface area contributed by atoms with Crippen LogP contribution in [0.1, 0.15) is 27.5 Å². The van der Waals surface area contributed by atoms with Gasteiger partial charge in [-0.2, -0.15) is 0 Å². The van der Waals surface area contributed by atoms with Crippen molar-refractivity contribution in [2.75, 3.05) is 39.3 Å². The van der Waals surface area contributed by atoms with Gasteiger partial charge in [-0.3, -0.25) is 9.80 Å². The number of aromatic carboxylic acids is 1. The smallest absolute Gasteiger partial charge is 0.335 e. The summed E-state index contributed by atoms with van der Waals surface area (Å²) in [6.07, 6.45) is 0. The van der Waals surface area contributed by atoms with Crippen molar-refractivity contribution in [1.29, 1.82) is 0 Å². The van der Waals surface area contributed by atoms with Gasteiger partial charge in [-0.25, -0.2) is 4.79 Å². The molecular formula is C26H27ClN2O3. The number of hydrogen-bond donors (Lipinski definition) is 1. The fourth-order valence-electron chi connectivity index (χ4n) is 4.13. The second-order valence-corrected chi connectivity index (χ2v) is 8.36. The van der Waals surface area contributed by atoms with Crippen LogP contribution in [-0.4, -0.2) is 60.2 Å². The Labute approximate surface area is 193 Å². The number of benzene rings is 3. The van der Waals surface area contributed by atoms with Gasteiger partial charge in [0, 0.05) is 37.7 Å². The zero-order chi connectivity index (χ0) is 22.3. The molecule has 166 valence electrons. The minimum atomic E-state index is -0.929. The summed E-state index contributed by atoms with van der Waals surface area (Å²) in [6, 6.07) is 25.5. The number of halogens is 1. The van der Waals surface area contributed by atoms with E-state index in [9.17, 15) is 4.79 Å². The van der Waals surface area contributed by atoms with E-state index in [1.807, 2.05) is 12.1 Å². The molecule has 1 unspecified atom stereocenters. The van der Waals surface area contributed by atoms with Gasteiger partial charge in [0.1, 0.15) is 12.4 Å².